The van der Waals surface area contributed by atoms with Crippen molar-refractivity contribution in [2.75, 3.05) is 0 Å². The highest BCUT2D eigenvalue weighted by Crippen LogP contribution is 2.20. The Morgan fingerprint density at radius 3 is 2.55 bits per heavy atom. The van der Waals surface area contributed by atoms with Gasteiger partial charge >= 0.3 is 0 Å². The number of halogens is 2. The van der Waals surface area contributed by atoms with Crippen LogP contribution in [0.25, 0.3) is 0 Å². The Hall–Kier alpha value is -2.60. The molecule has 1 N–H and O–H groups in total. The highest BCUT2D eigenvalue weighted by Gasteiger charge is 2.17. The van der Waals surface area contributed by atoms with E-state index in [4.69, 9.17) is 0 Å². The van der Waals surface area contributed by atoms with E-state index < -0.39 is 17.7 Å². The summed E-state index contributed by atoms with van der Waals surface area (Å²) in [5.41, 5.74) is 1.24. The van der Waals surface area contributed by atoms with Crippen molar-refractivity contribution in [3.63, 3.8) is 0 Å². The molecule has 112 valence electrons. The van der Waals surface area contributed by atoms with Crippen LogP contribution >= 0.6 is 0 Å². The number of rotatable bonds is 4. The van der Waals surface area contributed by atoms with Crippen LogP contribution < -0.4 is 0 Å². The van der Waals surface area contributed by atoms with Gasteiger partial charge in [-0.2, -0.15) is 0 Å². The van der Waals surface area contributed by atoms with E-state index >= 15 is 0 Å². The molecule has 3 rings (SSSR count). The van der Waals surface area contributed by atoms with Crippen LogP contribution in [0.2, 0.25) is 0 Å². The minimum absolute atomic E-state index is 0.240. The van der Waals surface area contributed by atoms with Crippen molar-refractivity contribution in [3.05, 3.63) is 83.4 Å². The number of nitrogens with zero attached hydrogens (tertiary/aromatic N) is 3. The van der Waals surface area contributed by atoms with Crippen molar-refractivity contribution in [2.45, 2.75) is 12.6 Å². The lowest BCUT2D eigenvalue weighted by molar-refractivity contribution is 0.204. The molecule has 0 unspecified atom stereocenters. The largest absolute Gasteiger partial charge is 0.380 e. The first-order chi connectivity index (χ1) is 10.6. The second-order valence-corrected chi connectivity index (χ2v) is 4.88. The van der Waals surface area contributed by atoms with Gasteiger partial charge in [-0.3, -0.25) is 0 Å². The summed E-state index contributed by atoms with van der Waals surface area (Å²) in [6.45, 7) is 0.240. The van der Waals surface area contributed by atoms with Gasteiger partial charge in [0.25, 0.3) is 0 Å². The first kappa shape index (κ1) is 14.3. The summed E-state index contributed by atoms with van der Waals surface area (Å²) in [6, 6.07) is 12.7. The molecule has 0 spiro atoms. The second-order valence-electron chi connectivity index (χ2n) is 4.88. The molecule has 4 nitrogen and oxygen atoms in total. The number of hydrogen-bond acceptors (Lipinski definition) is 3. The predicted molar refractivity (Wildman–Crippen MR) is 76.0 cm³/mol. The summed E-state index contributed by atoms with van der Waals surface area (Å²) in [6.07, 6.45) is 0.511. The van der Waals surface area contributed by atoms with Gasteiger partial charge in [-0.25, -0.2) is 8.78 Å². The number of aromatic nitrogens is 3. The molecular weight excluding hydrogens is 288 g/mol. The maximum atomic E-state index is 13.3. The van der Waals surface area contributed by atoms with Crippen LogP contribution in [-0.2, 0) is 6.54 Å². The highest BCUT2D eigenvalue weighted by atomic mass is 19.2. The first-order valence-electron chi connectivity index (χ1n) is 6.70. The Balaban J connectivity index is 1.87. The van der Waals surface area contributed by atoms with Gasteiger partial charge in [0.15, 0.2) is 17.5 Å². The van der Waals surface area contributed by atoms with E-state index in [1.54, 1.807) is 16.7 Å². The third-order valence-corrected chi connectivity index (χ3v) is 3.34. The Kier molecular flexibility index (Phi) is 3.93. The smallest absolute Gasteiger partial charge is 0.166 e. The molecule has 1 aromatic heterocycles. The second kappa shape index (κ2) is 6.03. The van der Waals surface area contributed by atoms with Gasteiger partial charge in [0, 0.05) is 0 Å². The van der Waals surface area contributed by atoms with E-state index in [9.17, 15) is 13.9 Å². The summed E-state index contributed by atoms with van der Waals surface area (Å²) in [7, 11) is 0. The third kappa shape index (κ3) is 2.87. The summed E-state index contributed by atoms with van der Waals surface area (Å²) in [5.74, 6) is -1.45. The fourth-order valence-electron chi connectivity index (χ4n) is 2.22. The Bertz CT molecular complexity index is 774. The van der Waals surface area contributed by atoms with E-state index in [0.29, 0.717) is 17.0 Å². The predicted octanol–water partition coefficient (Wildman–Crippen LogP) is 2.69. The lowest BCUT2D eigenvalue weighted by atomic mass is 10.1. The molecule has 0 aliphatic rings. The zero-order valence-electron chi connectivity index (χ0n) is 11.5. The van der Waals surface area contributed by atoms with E-state index in [0.717, 1.165) is 12.1 Å². The molecule has 0 saturated heterocycles. The Morgan fingerprint density at radius 2 is 1.82 bits per heavy atom. The number of aliphatic hydroxyl groups is 1. The van der Waals surface area contributed by atoms with Crippen molar-refractivity contribution in [1.29, 1.82) is 0 Å². The summed E-state index contributed by atoms with van der Waals surface area (Å²) in [4.78, 5) is 0. The van der Waals surface area contributed by atoms with Crippen LogP contribution in [0.1, 0.15) is 23.1 Å². The number of aliphatic hydroxyl groups excluding tert-OH is 1. The highest BCUT2D eigenvalue weighted by molar-refractivity contribution is 5.23. The van der Waals surface area contributed by atoms with Crippen molar-refractivity contribution in [1.82, 2.24) is 14.8 Å². The van der Waals surface area contributed by atoms with E-state index in [1.165, 1.54) is 12.4 Å². The molecule has 22 heavy (non-hydrogen) atoms. The molecular formula is C16H13F2N3O. The normalized spacial score (nSPS) is 12.3. The molecule has 2 aromatic carbocycles. The van der Waals surface area contributed by atoms with Crippen molar-refractivity contribution in [2.24, 2.45) is 0 Å². The maximum absolute atomic E-state index is 13.3. The average molecular weight is 301 g/mol. The standard InChI is InChI=1S/C16H13F2N3O/c17-13-7-6-11(8-14(13)18)9-21-10-19-20-16(21)15(22)12-4-2-1-3-5-12/h1-8,10,15,22H,9H2/t15-/m0/s1. The molecule has 0 aliphatic carbocycles. The summed E-state index contributed by atoms with van der Waals surface area (Å²) < 4.78 is 27.8. The van der Waals surface area contributed by atoms with Crippen LogP contribution in [0.15, 0.2) is 54.9 Å². The van der Waals surface area contributed by atoms with E-state index in [1.807, 2.05) is 18.2 Å². The van der Waals surface area contributed by atoms with Crippen molar-refractivity contribution in [3.8, 4) is 0 Å². The fourth-order valence-corrected chi connectivity index (χ4v) is 2.22. The lowest BCUT2D eigenvalue weighted by Gasteiger charge is -2.12. The van der Waals surface area contributed by atoms with Crippen molar-refractivity contribution < 1.29 is 13.9 Å². The summed E-state index contributed by atoms with van der Waals surface area (Å²) in [5, 5.41) is 18.1. The molecule has 0 amide bonds. The molecule has 3 aromatic rings. The SMILES string of the molecule is O[C@@H](c1ccccc1)c1nncn1Cc1ccc(F)c(F)c1. The molecule has 0 fully saturated rings. The van der Waals surface area contributed by atoms with Gasteiger partial charge in [0.05, 0.1) is 6.54 Å². The van der Waals surface area contributed by atoms with E-state index in [-0.39, 0.29) is 6.54 Å². The van der Waals surface area contributed by atoms with Crippen LogP contribution in [0.5, 0.6) is 0 Å². The molecule has 0 aliphatic heterocycles. The Labute approximate surface area is 125 Å². The number of hydrogen-bond donors (Lipinski definition) is 1. The molecule has 6 heteroatoms. The average Bonchev–Trinajstić information content (AvgIpc) is 2.99. The monoisotopic (exact) mass is 301 g/mol. The van der Waals surface area contributed by atoms with Crippen LogP contribution in [-0.4, -0.2) is 19.9 Å². The van der Waals surface area contributed by atoms with Crippen LogP contribution in [0.3, 0.4) is 0 Å². The molecule has 1 heterocycles. The Morgan fingerprint density at radius 1 is 1.05 bits per heavy atom. The fraction of sp³-hybridized carbons (Fsp3) is 0.125. The van der Waals surface area contributed by atoms with Gasteiger partial charge in [0.1, 0.15) is 12.4 Å². The van der Waals surface area contributed by atoms with Gasteiger partial charge < -0.3 is 9.67 Å². The zero-order chi connectivity index (χ0) is 15.5. The molecule has 0 saturated carbocycles. The van der Waals surface area contributed by atoms with Crippen LogP contribution in [0, 0.1) is 11.6 Å². The molecule has 1 atom stereocenters. The minimum Gasteiger partial charge on any atom is -0.380 e. The molecule has 0 bridgehead atoms. The van der Waals surface area contributed by atoms with Gasteiger partial charge in [-0.05, 0) is 23.3 Å². The minimum atomic E-state index is -0.936. The van der Waals surface area contributed by atoms with E-state index in [2.05, 4.69) is 10.2 Å². The maximum Gasteiger partial charge on any atom is 0.166 e. The third-order valence-electron chi connectivity index (χ3n) is 3.34. The summed E-state index contributed by atoms with van der Waals surface area (Å²) >= 11 is 0. The zero-order valence-corrected chi connectivity index (χ0v) is 11.5. The quantitative estimate of drug-likeness (QED) is 0.806. The van der Waals surface area contributed by atoms with Crippen molar-refractivity contribution >= 4 is 0 Å². The first-order valence-corrected chi connectivity index (χ1v) is 6.70. The number of benzene rings is 2. The lowest BCUT2D eigenvalue weighted by Crippen LogP contribution is -2.10. The van der Waals surface area contributed by atoms with Gasteiger partial charge in [0.2, 0.25) is 0 Å². The topological polar surface area (TPSA) is 50.9 Å². The van der Waals surface area contributed by atoms with Crippen LogP contribution in [0.4, 0.5) is 8.78 Å². The van der Waals surface area contributed by atoms with Gasteiger partial charge in [-0.15, -0.1) is 10.2 Å². The van der Waals surface area contributed by atoms with Gasteiger partial charge in [-0.1, -0.05) is 36.4 Å². The molecule has 0 radical (unpaired) electrons.